The maximum atomic E-state index is 12.4. The molecule has 0 aliphatic heterocycles. The predicted octanol–water partition coefficient (Wildman–Crippen LogP) is 5.90. The number of hydrogen-bond donors (Lipinski definition) is 2. The van der Waals surface area contributed by atoms with Gasteiger partial charge >= 0.3 is 0 Å². The molecule has 2 N–H and O–H groups in total. The van der Waals surface area contributed by atoms with Crippen LogP contribution < -0.4 is 10.6 Å². The number of carbonyl (C=O) groups excluding carboxylic acids is 2. The largest absolute Gasteiger partial charge is 0.325 e. The van der Waals surface area contributed by atoms with Gasteiger partial charge in [-0.1, -0.05) is 42.1 Å². The van der Waals surface area contributed by atoms with Crippen molar-refractivity contribution >= 4 is 56.5 Å². The van der Waals surface area contributed by atoms with Crippen molar-refractivity contribution in [3.05, 3.63) is 83.4 Å². The minimum Gasteiger partial charge on any atom is -0.325 e. The minimum atomic E-state index is -0.151. The third-order valence-corrected chi connectivity index (χ3v) is 6.82. The average Bonchev–Trinajstić information content (AvgIpc) is 3.18. The lowest BCUT2D eigenvalue weighted by atomic mass is 10.1. The van der Waals surface area contributed by atoms with E-state index in [2.05, 4.69) is 15.6 Å². The van der Waals surface area contributed by atoms with Crippen LogP contribution in [0, 0.1) is 13.8 Å². The molecular formula is C24H21N3O2S2. The summed E-state index contributed by atoms with van der Waals surface area (Å²) in [6, 6.07) is 20.7. The summed E-state index contributed by atoms with van der Waals surface area (Å²) in [5.41, 5.74) is 5.16. The van der Waals surface area contributed by atoms with Gasteiger partial charge in [0.15, 0.2) is 4.34 Å². The number of nitrogens with one attached hydrogen (secondary N) is 2. The van der Waals surface area contributed by atoms with Crippen LogP contribution in [0.25, 0.3) is 10.2 Å². The molecule has 0 spiro atoms. The first-order valence-corrected chi connectivity index (χ1v) is 11.5. The number of fused-ring (bicyclic) bond motifs is 1. The second kappa shape index (κ2) is 9.32. The second-order valence-electron chi connectivity index (χ2n) is 7.14. The number of carbonyl (C=O) groups is 2. The molecule has 0 fully saturated rings. The van der Waals surface area contributed by atoms with Crippen molar-refractivity contribution in [2.75, 3.05) is 16.4 Å². The van der Waals surface area contributed by atoms with Crippen molar-refractivity contribution < 1.29 is 9.59 Å². The summed E-state index contributed by atoms with van der Waals surface area (Å²) >= 11 is 2.92. The van der Waals surface area contributed by atoms with E-state index in [-0.39, 0.29) is 17.6 Å². The van der Waals surface area contributed by atoms with Crippen LogP contribution in [-0.4, -0.2) is 22.6 Å². The second-order valence-corrected chi connectivity index (χ2v) is 9.39. The van der Waals surface area contributed by atoms with Crippen molar-refractivity contribution in [3.63, 3.8) is 0 Å². The van der Waals surface area contributed by atoms with Gasteiger partial charge in [0, 0.05) is 16.9 Å². The number of benzene rings is 3. The number of thiazole rings is 1. The van der Waals surface area contributed by atoms with Crippen LogP contribution in [0.1, 0.15) is 21.5 Å². The zero-order valence-electron chi connectivity index (χ0n) is 17.1. The predicted molar refractivity (Wildman–Crippen MR) is 129 cm³/mol. The van der Waals surface area contributed by atoms with Crippen molar-refractivity contribution in [1.29, 1.82) is 0 Å². The normalized spacial score (nSPS) is 10.8. The quantitative estimate of drug-likeness (QED) is 0.361. The Hall–Kier alpha value is -3.16. The lowest BCUT2D eigenvalue weighted by Crippen LogP contribution is -2.14. The molecule has 0 aliphatic carbocycles. The summed E-state index contributed by atoms with van der Waals surface area (Å²) in [5.74, 6) is 0.0705. The molecule has 0 radical (unpaired) electrons. The van der Waals surface area contributed by atoms with Crippen molar-refractivity contribution in [2.24, 2.45) is 0 Å². The number of anilines is 2. The van der Waals surface area contributed by atoms with Crippen LogP contribution in [-0.2, 0) is 4.79 Å². The smallest absolute Gasteiger partial charge is 0.255 e. The summed E-state index contributed by atoms with van der Waals surface area (Å²) in [6.45, 7) is 3.98. The molecular weight excluding hydrogens is 426 g/mol. The number of nitrogens with zero attached hydrogens (tertiary/aromatic N) is 1. The Bertz CT molecular complexity index is 1250. The first-order valence-electron chi connectivity index (χ1n) is 9.75. The SMILES string of the molecule is Cc1ccc(C)c(NC(=O)CSc2nc3ccc(NC(=O)c4ccccc4)cc3s2)c1. The molecule has 0 bridgehead atoms. The maximum absolute atomic E-state index is 12.4. The number of aromatic nitrogens is 1. The third kappa shape index (κ3) is 5.31. The van der Waals surface area contributed by atoms with Gasteiger partial charge in [-0.05, 0) is 61.4 Å². The summed E-state index contributed by atoms with van der Waals surface area (Å²) in [5, 5.41) is 5.89. The van der Waals surface area contributed by atoms with Crippen LogP contribution >= 0.6 is 23.1 Å². The van der Waals surface area contributed by atoms with E-state index in [9.17, 15) is 9.59 Å². The molecule has 156 valence electrons. The summed E-state index contributed by atoms with van der Waals surface area (Å²) < 4.78 is 1.78. The van der Waals surface area contributed by atoms with Gasteiger partial charge in [-0.2, -0.15) is 0 Å². The Kier molecular flexibility index (Phi) is 6.34. The van der Waals surface area contributed by atoms with Gasteiger partial charge in [0.25, 0.3) is 5.91 Å². The van der Waals surface area contributed by atoms with Gasteiger partial charge in [-0.15, -0.1) is 11.3 Å². The van der Waals surface area contributed by atoms with Gasteiger partial charge in [0.2, 0.25) is 5.91 Å². The van der Waals surface area contributed by atoms with E-state index in [0.717, 1.165) is 31.4 Å². The first kappa shape index (κ1) is 21.1. The Morgan fingerprint density at radius 1 is 0.968 bits per heavy atom. The molecule has 31 heavy (non-hydrogen) atoms. The Balaban J connectivity index is 1.39. The van der Waals surface area contributed by atoms with E-state index in [4.69, 9.17) is 0 Å². The number of thioether (sulfide) groups is 1. The molecule has 4 rings (SSSR count). The molecule has 0 aliphatic rings. The van der Waals surface area contributed by atoms with Crippen molar-refractivity contribution in [2.45, 2.75) is 18.2 Å². The molecule has 5 nitrogen and oxygen atoms in total. The number of hydrogen-bond acceptors (Lipinski definition) is 5. The lowest BCUT2D eigenvalue weighted by molar-refractivity contribution is -0.113. The van der Waals surface area contributed by atoms with E-state index < -0.39 is 0 Å². The zero-order chi connectivity index (χ0) is 21.8. The topological polar surface area (TPSA) is 71.1 Å². The summed E-state index contributed by atoms with van der Waals surface area (Å²) in [7, 11) is 0. The summed E-state index contributed by atoms with van der Waals surface area (Å²) in [4.78, 5) is 29.3. The van der Waals surface area contributed by atoms with E-state index in [1.54, 1.807) is 12.1 Å². The van der Waals surface area contributed by atoms with Gasteiger partial charge in [-0.25, -0.2) is 4.98 Å². The van der Waals surface area contributed by atoms with Crippen molar-refractivity contribution in [1.82, 2.24) is 4.98 Å². The molecule has 7 heteroatoms. The van der Waals surface area contributed by atoms with Gasteiger partial charge < -0.3 is 10.6 Å². The molecule has 3 aromatic carbocycles. The van der Waals surface area contributed by atoms with E-state index in [1.165, 1.54) is 23.1 Å². The van der Waals surface area contributed by atoms with Crippen LogP contribution in [0.5, 0.6) is 0 Å². The molecule has 0 saturated carbocycles. The van der Waals surface area contributed by atoms with Crippen LogP contribution in [0.4, 0.5) is 11.4 Å². The van der Waals surface area contributed by atoms with Gasteiger partial charge in [0.1, 0.15) is 0 Å². The lowest BCUT2D eigenvalue weighted by Gasteiger charge is -2.08. The average molecular weight is 448 g/mol. The number of rotatable bonds is 6. The summed E-state index contributed by atoms with van der Waals surface area (Å²) in [6.07, 6.45) is 0. The number of aryl methyl sites for hydroxylation is 2. The fraction of sp³-hybridized carbons (Fsp3) is 0.125. The van der Waals surface area contributed by atoms with Crippen LogP contribution in [0.3, 0.4) is 0 Å². The highest BCUT2D eigenvalue weighted by Gasteiger charge is 2.11. The third-order valence-electron chi connectivity index (χ3n) is 4.66. The first-order chi connectivity index (χ1) is 15.0. The minimum absolute atomic E-state index is 0.0613. The van der Waals surface area contributed by atoms with Crippen molar-refractivity contribution in [3.8, 4) is 0 Å². The van der Waals surface area contributed by atoms with E-state index >= 15 is 0 Å². The highest BCUT2D eigenvalue weighted by Crippen LogP contribution is 2.31. The Labute approximate surface area is 188 Å². The molecule has 0 atom stereocenters. The Morgan fingerprint density at radius 3 is 2.58 bits per heavy atom. The fourth-order valence-corrected chi connectivity index (χ4v) is 4.93. The van der Waals surface area contributed by atoms with Crippen LogP contribution in [0.15, 0.2) is 71.1 Å². The van der Waals surface area contributed by atoms with Gasteiger partial charge in [-0.3, -0.25) is 9.59 Å². The zero-order valence-corrected chi connectivity index (χ0v) is 18.8. The molecule has 2 amide bonds. The van der Waals surface area contributed by atoms with E-state index in [1.807, 2.05) is 68.4 Å². The molecule has 1 heterocycles. The fourth-order valence-electron chi connectivity index (χ4n) is 3.02. The van der Waals surface area contributed by atoms with E-state index in [0.29, 0.717) is 11.3 Å². The molecule has 4 aromatic rings. The number of amides is 2. The highest BCUT2D eigenvalue weighted by molar-refractivity contribution is 8.01. The van der Waals surface area contributed by atoms with Crippen LogP contribution in [0.2, 0.25) is 0 Å². The monoisotopic (exact) mass is 447 g/mol. The molecule has 1 aromatic heterocycles. The Morgan fingerprint density at radius 2 is 1.77 bits per heavy atom. The molecule has 0 unspecified atom stereocenters. The van der Waals surface area contributed by atoms with Gasteiger partial charge in [0.05, 0.1) is 16.0 Å². The molecule has 0 saturated heterocycles. The highest BCUT2D eigenvalue weighted by atomic mass is 32.2. The maximum Gasteiger partial charge on any atom is 0.255 e. The standard InChI is InChI=1S/C24H21N3O2S2/c1-15-8-9-16(2)20(12-15)26-22(28)14-30-24-27-19-11-10-18(13-21(19)31-24)25-23(29)17-6-4-3-5-7-17/h3-13H,14H2,1-2H3,(H,25,29)(H,26,28).